The fraction of sp³-hybridized carbons (Fsp3) is 0.632. The number of benzene rings is 1. The van der Waals surface area contributed by atoms with Crippen molar-refractivity contribution in [3.63, 3.8) is 0 Å². The molecule has 3 aliphatic carbocycles. The molecule has 4 nitrogen and oxygen atoms in total. The minimum atomic E-state index is -0.810. The predicted molar refractivity (Wildman–Crippen MR) is 86.7 cm³/mol. The Kier molecular flexibility index (Phi) is 3.33. The van der Waals surface area contributed by atoms with Gasteiger partial charge in [0.2, 0.25) is 0 Å². The molecule has 0 saturated heterocycles. The van der Waals surface area contributed by atoms with Crippen LogP contribution in [0.5, 0.6) is 11.5 Å². The van der Waals surface area contributed by atoms with Crippen molar-refractivity contribution in [1.29, 1.82) is 0 Å². The first-order chi connectivity index (χ1) is 11.1. The number of aliphatic carboxylic acids is 1. The highest BCUT2D eigenvalue weighted by Crippen LogP contribution is 2.61. The van der Waals surface area contributed by atoms with Gasteiger partial charge in [-0.3, -0.25) is 4.79 Å². The molecule has 1 aromatic carbocycles. The molecular weight excluding hydrogens is 292 g/mol. The van der Waals surface area contributed by atoms with Crippen molar-refractivity contribution < 1.29 is 19.4 Å². The van der Waals surface area contributed by atoms with Gasteiger partial charge >= 0.3 is 5.97 Å². The highest BCUT2D eigenvalue weighted by Gasteiger charge is 2.49. The van der Waals surface area contributed by atoms with E-state index in [4.69, 9.17) is 9.47 Å². The highest BCUT2D eigenvalue weighted by atomic mass is 16.5. The van der Waals surface area contributed by atoms with Crippen molar-refractivity contribution in [2.75, 3.05) is 14.2 Å². The van der Waals surface area contributed by atoms with E-state index in [2.05, 4.69) is 0 Å². The summed E-state index contributed by atoms with van der Waals surface area (Å²) in [6, 6.07) is 1.97. The minimum Gasteiger partial charge on any atom is -0.496 e. The summed E-state index contributed by atoms with van der Waals surface area (Å²) in [6.45, 7) is 0. The van der Waals surface area contributed by atoms with Gasteiger partial charge in [0.15, 0.2) is 0 Å². The lowest BCUT2D eigenvalue weighted by molar-refractivity contribution is -0.143. The van der Waals surface area contributed by atoms with Crippen LogP contribution in [-0.2, 0) is 10.2 Å². The fourth-order valence-electron chi connectivity index (χ4n) is 5.33. The van der Waals surface area contributed by atoms with E-state index in [1.54, 1.807) is 14.2 Å². The van der Waals surface area contributed by atoms with Gasteiger partial charge in [0.1, 0.15) is 11.5 Å². The van der Waals surface area contributed by atoms with Crippen LogP contribution in [0.4, 0.5) is 0 Å². The van der Waals surface area contributed by atoms with Crippen molar-refractivity contribution in [3.05, 3.63) is 22.8 Å². The smallest absolute Gasteiger partial charge is 0.314 e. The van der Waals surface area contributed by atoms with E-state index in [9.17, 15) is 9.90 Å². The van der Waals surface area contributed by atoms with Crippen LogP contribution in [0.15, 0.2) is 6.07 Å². The molecule has 1 N–H and O–H groups in total. The molecule has 2 saturated carbocycles. The van der Waals surface area contributed by atoms with Gasteiger partial charge in [0.25, 0.3) is 0 Å². The zero-order valence-corrected chi connectivity index (χ0v) is 13.9. The molecule has 23 heavy (non-hydrogen) atoms. The number of ether oxygens (including phenoxy) is 2. The third-order valence-corrected chi connectivity index (χ3v) is 6.38. The molecule has 3 aliphatic rings. The Morgan fingerprint density at radius 3 is 2.35 bits per heavy atom. The molecule has 1 aromatic rings. The number of carboxylic acids is 1. The highest BCUT2D eigenvalue weighted by molar-refractivity contribution is 5.84. The second-order valence-electron chi connectivity index (χ2n) is 7.29. The van der Waals surface area contributed by atoms with Gasteiger partial charge in [-0.05, 0) is 50.0 Å². The molecule has 0 aromatic heterocycles. The topological polar surface area (TPSA) is 55.8 Å². The first kappa shape index (κ1) is 14.9. The zero-order chi connectivity index (χ0) is 16.2. The predicted octanol–water partition coefficient (Wildman–Crippen LogP) is 3.96. The minimum absolute atomic E-state index is 0.506. The molecule has 4 heteroatoms. The first-order valence-corrected chi connectivity index (χ1v) is 8.65. The zero-order valence-electron chi connectivity index (χ0n) is 13.9. The summed E-state index contributed by atoms with van der Waals surface area (Å²) < 4.78 is 11.5. The third kappa shape index (κ3) is 1.87. The number of carbonyl (C=O) groups is 1. The Morgan fingerprint density at radius 1 is 1.13 bits per heavy atom. The SMILES string of the molecule is COc1cc(C2(C(=O)O)CCCC2)c(OC)c2c1C1CCC2C1. The maximum absolute atomic E-state index is 12.2. The van der Waals surface area contributed by atoms with Gasteiger partial charge < -0.3 is 14.6 Å². The van der Waals surface area contributed by atoms with Gasteiger partial charge in [-0.15, -0.1) is 0 Å². The Balaban J connectivity index is 1.98. The van der Waals surface area contributed by atoms with Crippen molar-refractivity contribution in [1.82, 2.24) is 0 Å². The Bertz CT molecular complexity index is 658. The maximum atomic E-state index is 12.2. The quantitative estimate of drug-likeness (QED) is 0.913. The van der Waals surface area contributed by atoms with Crippen LogP contribution in [0.3, 0.4) is 0 Å². The summed E-state index contributed by atoms with van der Waals surface area (Å²) in [7, 11) is 3.38. The maximum Gasteiger partial charge on any atom is 0.314 e. The van der Waals surface area contributed by atoms with E-state index in [1.165, 1.54) is 24.0 Å². The summed E-state index contributed by atoms with van der Waals surface area (Å²) in [5.74, 6) is 2.04. The number of hydrogen-bond acceptors (Lipinski definition) is 3. The molecule has 0 heterocycles. The van der Waals surface area contributed by atoms with Gasteiger partial charge in [-0.1, -0.05) is 12.8 Å². The molecular formula is C19H24O4. The van der Waals surface area contributed by atoms with E-state index in [0.29, 0.717) is 24.7 Å². The molecule has 2 bridgehead atoms. The van der Waals surface area contributed by atoms with Crippen LogP contribution < -0.4 is 9.47 Å². The molecule has 0 spiro atoms. The van der Waals surface area contributed by atoms with E-state index < -0.39 is 11.4 Å². The molecule has 2 fully saturated rings. The van der Waals surface area contributed by atoms with Crippen LogP contribution in [0.1, 0.15) is 73.5 Å². The lowest BCUT2D eigenvalue weighted by Crippen LogP contribution is -2.33. The number of methoxy groups -OCH3 is 2. The lowest BCUT2D eigenvalue weighted by atomic mass is 9.75. The van der Waals surface area contributed by atoms with Crippen LogP contribution in [0, 0.1) is 0 Å². The van der Waals surface area contributed by atoms with Crippen LogP contribution in [0.2, 0.25) is 0 Å². The van der Waals surface area contributed by atoms with Crippen molar-refractivity contribution in [3.8, 4) is 11.5 Å². The molecule has 0 amide bonds. The number of fused-ring (bicyclic) bond motifs is 5. The van der Waals surface area contributed by atoms with Gasteiger partial charge in [0.05, 0.1) is 19.6 Å². The largest absolute Gasteiger partial charge is 0.496 e. The fourth-order valence-corrected chi connectivity index (χ4v) is 5.33. The standard InChI is InChI=1S/C19H24O4/c1-22-14-10-13(19(18(20)21)7-3-4-8-19)17(23-2)16-12-6-5-11(9-12)15(14)16/h10-12H,3-9H2,1-2H3,(H,20,21). The average Bonchev–Trinajstić information content (AvgIpc) is 3.28. The second-order valence-corrected chi connectivity index (χ2v) is 7.29. The van der Waals surface area contributed by atoms with Gasteiger partial charge in [-0.25, -0.2) is 0 Å². The molecule has 0 aliphatic heterocycles. The number of rotatable bonds is 4. The van der Waals surface area contributed by atoms with Crippen molar-refractivity contribution in [2.45, 2.75) is 62.2 Å². The van der Waals surface area contributed by atoms with E-state index in [-0.39, 0.29) is 0 Å². The average molecular weight is 316 g/mol. The summed E-state index contributed by atoms with van der Waals surface area (Å²) in [4.78, 5) is 12.2. The Morgan fingerprint density at radius 2 is 1.78 bits per heavy atom. The Hall–Kier alpha value is -1.71. The molecule has 4 rings (SSSR count). The van der Waals surface area contributed by atoms with Crippen molar-refractivity contribution in [2.24, 2.45) is 0 Å². The van der Waals surface area contributed by atoms with E-state index >= 15 is 0 Å². The van der Waals surface area contributed by atoms with E-state index in [1.807, 2.05) is 6.07 Å². The van der Waals surface area contributed by atoms with Gasteiger partial charge in [0, 0.05) is 16.7 Å². The monoisotopic (exact) mass is 316 g/mol. The Labute approximate surface area is 136 Å². The number of carboxylic acid groups (broad SMARTS) is 1. The summed E-state index contributed by atoms with van der Waals surface area (Å²) in [5.41, 5.74) is 2.55. The van der Waals surface area contributed by atoms with Crippen molar-refractivity contribution >= 4 is 5.97 Å². The van der Waals surface area contributed by atoms with Crippen LogP contribution >= 0.6 is 0 Å². The van der Waals surface area contributed by atoms with E-state index in [0.717, 1.165) is 36.3 Å². The summed E-state index contributed by atoms with van der Waals surface area (Å²) in [5, 5.41) is 9.98. The normalized spacial score (nSPS) is 27.0. The van der Waals surface area contributed by atoms with Crippen LogP contribution in [-0.4, -0.2) is 25.3 Å². The third-order valence-electron chi connectivity index (χ3n) is 6.38. The summed E-state index contributed by atoms with van der Waals surface area (Å²) in [6.07, 6.45) is 6.85. The van der Waals surface area contributed by atoms with Crippen LogP contribution in [0.25, 0.3) is 0 Å². The lowest BCUT2D eigenvalue weighted by Gasteiger charge is -2.31. The first-order valence-electron chi connectivity index (χ1n) is 8.65. The number of hydrogen-bond donors (Lipinski definition) is 1. The molecule has 2 atom stereocenters. The summed E-state index contributed by atoms with van der Waals surface area (Å²) >= 11 is 0. The molecule has 0 radical (unpaired) electrons. The van der Waals surface area contributed by atoms with Gasteiger partial charge in [-0.2, -0.15) is 0 Å². The molecule has 124 valence electrons. The second kappa shape index (κ2) is 5.15. The molecule has 2 unspecified atom stereocenters.